The summed E-state index contributed by atoms with van der Waals surface area (Å²) in [6.45, 7) is 8.91. The first-order chi connectivity index (χ1) is 10.1. The van der Waals surface area contributed by atoms with Crippen molar-refractivity contribution in [2.45, 2.75) is 53.0 Å². The van der Waals surface area contributed by atoms with E-state index >= 15 is 0 Å². The molecule has 0 aliphatic carbocycles. The van der Waals surface area contributed by atoms with Crippen molar-refractivity contribution in [3.8, 4) is 11.3 Å². The van der Waals surface area contributed by atoms with Crippen LogP contribution in [0.1, 0.15) is 45.0 Å². The van der Waals surface area contributed by atoms with E-state index < -0.39 is 0 Å². The maximum absolute atomic E-state index is 4.57. The standard InChI is InChI=1S/C18H26N2S/c1-5-13(3)10-16(6-2)20-17-9-7-8-15(11-17)18-12-21-14(4)19-18/h7-9,11-13,16,20H,5-6,10H2,1-4H3. The second-order valence-electron chi connectivity index (χ2n) is 5.83. The number of hydrogen-bond donors (Lipinski definition) is 1. The van der Waals surface area contributed by atoms with Crippen LogP contribution in [0.5, 0.6) is 0 Å². The number of hydrogen-bond acceptors (Lipinski definition) is 3. The molecule has 2 nitrogen and oxygen atoms in total. The Balaban J connectivity index is 2.10. The highest BCUT2D eigenvalue weighted by molar-refractivity contribution is 7.09. The topological polar surface area (TPSA) is 24.9 Å². The normalized spacial score (nSPS) is 13.9. The van der Waals surface area contributed by atoms with Gasteiger partial charge in [0.2, 0.25) is 0 Å². The maximum atomic E-state index is 4.57. The van der Waals surface area contributed by atoms with Gasteiger partial charge in [-0.15, -0.1) is 11.3 Å². The van der Waals surface area contributed by atoms with E-state index in [9.17, 15) is 0 Å². The van der Waals surface area contributed by atoms with E-state index in [1.165, 1.54) is 24.1 Å². The predicted octanol–water partition coefficient (Wildman–Crippen LogP) is 5.75. The molecule has 0 fully saturated rings. The summed E-state index contributed by atoms with van der Waals surface area (Å²) < 4.78 is 0. The molecule has 2 rings (SSSR count). The molecule has 2 unspecified atom stereocenters. The molecular weight excluding hydrogens is 276 g/mol. The van der Waals surface area contributed by atoms with Crippen LogP contribution in [0.2, 0.25) is 0 Å². The summed E-state index contributed by atoms with van der Waals surface area (Å²) >= 11 is 1.70. The zero-order valence-electron chi connectivity index (χ0n) is 13.5. The maximum Gasteiger partial charge on any atom is 0.0901 e. The van der Waals surface area contributed by atoms with Crippen LogP contribution in [-0.4, -0.2) is 11.0 Å². The van der Waals surface area contributed by atoms with Crippen LogP contribution < -0.4 is 5.32 Å². The molecule has 1 aromatic heterocycles. The van der Waals surface area contributed by atoms with Crippen molar-refractivity contribution >= 4 is 17.0 Å². The van der Waals surface area contributed by atoms with Crippen LogP contribution in [0.15, 0.2) is 29.6 Å². The molecule has 3 heteroatoms. The lowest BCUT2D eigenvalue weighted by atomic mass is 9.97. The fraction of sp³-hybridized carbons (Fsp3) is 0.500. The lowest BCUT2D eigenvalue weighted by molar-refractivity contribution is 0.462. The molecule has 1 N–H and O–H groups in total. The molecule has 0 spiro atoms. The molecule has 0 aliphatic heterocycles. The number of benzene rings is 1. The molecular formula is C18H26N2S. The highest BCUT2D eigenvalue weighted by Crippen LogP contribution is 2.25. The molecule has 21 heavy (non-hydrogen) atoms. The van der Waals surface area contributed by atoms with Crippen molar-refractivity contribution < 1.29 is 0 Å². The quantitative estimate of drug-likeness (QED) is 0.705. The third kappa shape index (κ3) is 4.57. The number of anilines is 1. The van der Waals surface area contributed by atoms with Crippen LogP contribution >= 0.6 is 11.3 Å². The number of aryl methyl sites for hydroxylation is 1. The summed E-state index contributed by atoms with van der Waals surface area (Å²) in [5.74, 6) is 0.770. The summed E-state index contributed by atoms with van der Waals surface area (Å²) in [4.78, 5) is 4.57. The van der Waals surface area contributed by atoms with Gasteiger partial charge in [-0.25, -0.2) is 4.98 Å². The lowest BCUT2D eigenvalue weighted by Gasteiger charge is -2.21. The highest BCUT2D eigenvalue weighted by Gasteiger charge is 2.11. The van der Waals surface area contributed by atoms with Crippen LogP contribution in [0.4, 0.5) is 5.69 Å². The molecule has 1 heterocycles. The first-order valence-corrected chi connectivity index (χ1v) is 8.79. The SMILES string of the molecule is CCC(C)CC(CC)Nc1cccc(-c2csc(C)n2)c1. The number of rotatable bonds is 7. The van der Waals surface area contributed by atoms with E-state index in [0.717, 1.165) is 23.0 Å². The Labute approximate surface area is 132 Å². The number of nitrogens with one attached hydrogen (secondary N) is 1. The summed E-state index contributed by atoms with van der Waals surface area (Å²) in [6, 6.07) is 9.17. The smallest absolute Gasteiger partial charge is 0.0901 e. The van der Waals surface area contributed by atoms with Crippen LogP contribution in [0, 0.1) is 12.8 Å². The van der Waals surface area contributed by atoms with E-state index in [1.54, 1.807) is 11.3 Å². The molecule has 2 aromatic rings. The second-order valence-corrected chi connectivity index (χ2v) is 6.89. The fourth-order valence-electron chi connectivity index (χ4n) is 2.48. The Morgan fingerprint density at radius 1 is 1.24 bits per heavy atom. The molecule has 2 atom stereocenters. The van der Waals surface area contributed by atoms with E-state index in [-0.39, 0.29) is 0 Å². The Hall–Kier alpha value is -1.35. The number of aromatic nitrogens is 1. The van der Waals surface area contributed by atoms with Gasteiger partial charge in [0.25, 0.3) is 0 Å². The van der Waals surface area contributed by atoms with Gasteiger partial charge in [-0.2, -0.15) is 0 Å². The average Bonchev–Trinajstić information content (AvgIpc) is 2.93. The van der Waals surface area contributed by atoms with Gasteiger partial charge in [-0.05, 0) is 37.8 Å². The number of thiazole rings is 1. The third-order valence-corrected chi connectivity index (χ3v) is 4.80. The minimum atomic E-state index is 0.548. The van der Waals surface area contributed by atoms with Crippen molar-refractivity contribution in [3.05, 3.63) is 34.7 Å². The lowest BCUT2D eigenvalue weighted by Crippen LogP contribution is -2.21. The first-order valence-electron chi connectivity index (χ1n) is 7.91. The van der Waals surface area contributed by atoms with E-state index in [0.29, 0.717) is 6.04 Å². The van der Waals surface area contributed by atoms with Gasteiger partial charge in [0, 0.05) is 22.7 Å². The van der Waals surface area contributed by atoms with Gasteiger partial charge >= 0.3 is 0 Å². The van der Waals surface area contributed by atoms with Gasteiger partial charge < -0.3 is 5.32 Å². The van der Waals surface area contributed by atoms with Gasteiger partial charge in [-0.3, -0.25) is 0 Å². The Bertz CT molecular complexity index is 562. The van der Waals surface area contributed by atoms with Crippen molar-refractivity contribution in [2.24, 2.45) is 5.92 Å². The molecule has 0 bridgehead atoms. The van der Waals surface area contributed by atoms with Crippen molar-refractivity contribution in [1.82, 2.24) is 4.98 Å². The number of nitrogens with zero attached hydrogens (tertiary/aromatic N) is 1. The van der Waals surface area contributed by atoms with Crippen LogP contribution in [0.25, 0.3) is 11.3 Å². The molecule has 0 saturated heterocycles. The summed E-state index contributed by atoms with van der Waals surface area (Å²) in [5, 5.41) is 6.93. The summed E-state index contributed by atoms with van der Waals surface area (Å²) in [6.07, 6.45) is 3.63. The average molecular weight is 302 g/mol. The fourth-order valence-corrected chi connectivity index (χ4v) is 3.10. The molecule has 0 aliphatic rings. The molecule has 114 valence electrons. The Kier molecular flexibility index (Phi) is 5.80. The van der Waals surface area contributed by atoms with Crippen LogP contribution in [0.3, 0.4) is 0 Å². The molecule has 1 aromatic carbocycles. The first kappa shape index (κ1) is 16.0. The molecule has 0 radical (unpaired) electrons. The Morgan fingerprint density at radius 2 is 2.05 bits per heavy atom. The van der Waals surface area contributed by atoms with E-state index in [1.807, 2.05) is 0 Å². The van der Waals surface area contributed by atoms with Crippen LogP contribution in [-0.2, 0) is 0 Å². The predicted molar refractivity (Wildman–Crippen MR) is 94.1 cm³/mol. The third-order valence-electron chi connectivity index (χ3n) is 4.02. The minimum Gasteiger partial charge on any atom is -0.382 e. The van der Waals surface area contributed by atoms with Crippen molar-refractivity contribution in [1.29, 1.82) is 0 Å². The zero-order chi connectivity index (χ0) is 15.2. The van der Waals surface area contributed by atoms with Gasteiger partial charge in [0.05, 0.1) is 10.7 Å². The molecule has 0 amide bonds. The summed E-state index contributed by atoms with van der Waals surface area (Å²) in [5.41, 5.74) is 3.48. The van der Waals surface area contributed by atoms with Crippen molar-refractivity contribution in [3.63, 3.8) is 0 Å². The van der Waals surface area contributed by atoms with Gasteiger partial charge in [0.1, 0.15) is 0 Å². The monoisotopic (exact) mass is 302 g/mol. The largest absolute Gasteiger partial charge is 0.382 e. The highest BCUT2D eigenvalue weighted by atomic mass is 32.1. The van der Waals surface area contributed by atoms with E-state index in [2.05, 4.69) is 67.6 Å². The van der Waals surface area contributed by atoms with Gasteiger partial charge in [-0.1, -0.05) is 39.3 Å². The van der Waals surface area contributed by atoms with E-state index in [4.69, 9.17) is 0 Å². The zero-order valence-corrected chi connectivity index (χ0v) is 14.3. The van der Waals surface area contributed by atoms with Crippen molar-refractivity contribution in [2.75, 3.05) is 5.32 Å². The Morgan fingerprint density at radius 3 is 2.67 bits per heavy atom. The second kappa shape index (κ2) is 7.60. The summed E-state index contributed by atoms with van der Waals surface area (Å²) in [7, 11) is 0. The minimum absolute atomic E-state index is 0.548. The molecule has 0 saturated carbocycles. The van der Waals surface area contributed by atoms with Gasteiger partial charge in [0.15, 0.2) is 0 Å².